The summed E-state index contributed by atoms with van der Waals surface area (Å²) in [6.07, 6.45) is 0. The Balaban J connectivity index is 2.45. The quantitative estimate of drug-likeness (QED) is 0.698. The van der Waals surface area contributed by atoms with Gasteiger partial charge < -0.3 is 5.11 Å². The number of anilines is 1. The first-order valence-electron chi connectivity index (χ1n) is 6.56. The van der Waals surface area contributed by atoms with Crippen LogP contribution in [0.3, 0.4) is 0 Å². The van der Waals surface area contributed by atoms with E-state index in [1.165, 1.54) is 43.4 Å². The Morgan fingerprint density at radius 3 is 2.25 bits per heavy atom. The predicted octanol–water partition coefficient (Wildman–Crippen LogP) is 1.09. The van der Waals surface area contributed by atoms with E-state index in [4.69, 9.17) is 5.11 Å². The third-order valence-electron chi connectivity index (χ3n) is 3.07. The zero-order chi connectivity index (χ0) is 18.0. The normalized spacial score (nSPS) is 11.9. The molecular weight excluding hydrogens is 356 g/mol. The number of carboxylic acids is 1. The van der Waals surface area contributed by atoms with Crippen LogP contribution in [0.2, 0.25) is 0 Å². The first kappa shape index (κ1) is 17.9. The lowest BCUT2D eigenvalue weighted by molar-refractivity contribution is 0.0692. The van der Waals surface area contributed by atoms with E-state index in [2.05, 4.69) is 9.44 Å². The molecule has 0 aliphatic carbocycles. The molecule has 0 fully saturated rings. The van der Waals surface area contributed by atoms with Crippen molar-refractivity contribution in [3.63, 3.8) is 0 Å². The number of aromatic carboxylic acids is 1. The molecule has 0 unspecified atom stereocenters. The van der Waals surface area contributed by atoms with E-state index in [1.54, 1.807) is 0 Å². The van der Waals surface area contributed by atoms with Crippen LogP contribution in [0.5, 0.6) is 0 Å². The molecule has 0 aliphatic heterocycles. The van der Waals surface area contributed by atoms with Crippen LogP contribution in [-0.2, 0) is 20.0 Å². The standard InChI is InChI=1S/C14H14N2O6S2/c1-15-23(19,20)11-6-4-5-10(9-11)16-24(21,22)13-8-3-2-7-12(13)14(17)18/h2-9,15-16H,1H3,(H,17,18). The van der Waals surface area contributed by atoms with Crippen LogP contribution >= 0.6 is 0 Å². The fraction of sp³-hybridized carbons (Fsp3) is 0.0714. The summed E-state index contributed by atoms with van der Waals surface area (Å²) < 4.78 is 52.7. The molecule has 0 bridgehead atoms. The van der Waals surface area contributed by atoms with Gasteiger partial charge in [0.05, 0.1) is 16.1 Å². The largest absolute Gasteiger partial charge is 0.478 e. The highest BCUT2D eigenvalue weighted by molar-refractivity contribution is 7.92. The Morgan fingerprint density at radius 2 is 1.62 bits per heavy atom. The Bertz CT molecular complexity index is 984. The molecule has 128 valence electrons. The molecule has 0 heterocycles. The number of hydrogen-bond acceptors (Lipinski definition) is 5. The molecule has 0 aromatic heterocycles. The highest BCUT2D eigenvalue weighted by Gasteiger charge is 2.22. The number of hydrogen-bond donors (Lipinski definition) is 3. The third-order valence-corrected chi connectivity index (χ3v) is 5.92. The molecular formula is C14H14N2O6S2. The molecule has 10 heteroatoms. The number of carboxylic acid groups (broad SMARTS) is 1. The van der Waals surface area contributed by atoms with Crippen molar-refractivity contribution in [3.8, 4) is 0 Å². The maximum absolute atomic E-state index is 12.4. The Morgan fingerprint density at radius 1 is 0.958 bits per heavy atom. The van der Waals surface area contributed by atoms with E-state index < -0.39 is 30.9 Å². The zero-order valence-corrected chi connectivity index (χ0v) is 14.1. The number of sulfonamides is 2. The van der Waals surface area contributed by atoms with Crippen molar-refractivity contribution >= 4 is 31.7 Å². The predicted molar refractivity (Wildman–Crippen MR) is 86.9 cm³/mol. The molecule has 24 heavy (non-hydrogen) atoms. The smallest absolute Gasteiger partial charge is 0.337 e. The Hall–Kier alpha value is -2.43. The summed E-state index contributed by atoms with van der Waals surface area (Å²) in [4.78, 5) is 10.6. The van der Waals surface area contributed by atoms with Crippen molar-refractivity contribution in [3.05, 3.63) is 54.1 Å². The second-order valence-corrected chi connectivity index (χ2v) is 8.18. The first-order chi connectivity index (χ1) is 11.2. The molecule has 0 amide bonds. The van der Waals surface area contributed by atoms with Crippen LogP contribution in [0.25, 0.3) is 0 Å². The zero-order valence-electron chi connectivity index (χ0n) is 12.4. The van der Waals surface area contributed by atoms with Crippen molar-refractivity contribution in [2.75, 3.05) is 11.8 Å². The van der Waals surface area contributed by atoms with Gasteiger partial charge in [-0.2, -0.15) is 0 Å². The van der Waals surface area contributed by atoms with Crippen molar-refractivity contribution < 1.29 is 26.7 Å². The van der Waals surface area contributed by atoms with Crippen LogP contribution < -0.4 is 9.44 Å². The van der Waals surface area contributed by atoms with Crippen LogP contribution in [0.15, 0.2) is 58.3 Å². The summed E-state index contributed by atoms with van der Waals surface area (Å²) in [7, 11) is -6.71. The van der Waals surface area contributed by atoms with Gasteiger partial charge in [-0.15, -0.1) is 0 Å². The lowest BCUT2D eigenvalue weighted by Crippen LogP contribution is -2.20. The molecule has 0 spiro atoms. The van der Waals surface area contributed by atoms with Crippen molar-refractivity contribution in [2.24, 2.45) is 0 Å². The maximum Gasteiger partial charge on any atom is 0.337 e. The fourth-order valence-electron chi connectivity index (χ4n) is 1.93. The summed E-state index contributed by atoms with van der Waals surface area (Å²) >= 11 is 0. The summed E-state index contributed by atoms with van der Waals surface area (Å²) in [5, 5.41) is 9.10. The van der Waals surface area contributed by atoms with Crippen molar-refractivity contribution in [1.82, 2.24) is 4.72 Å². The topological polar surface area (TPSA) is 130 Å². The van der Waals surface area contributed by atoms with E-state index in [-0.39, 0.29) is 16.1 Å². The van der Waals surface area contributed by atoms with E-state index in [1.807, 2.05) is 0 Å². The minimum Gasteiger partial charge on any atom is -0.478 e. The average Bonchev–Trinajstić information content (AvgIpc) is 2.54. The SMILES string of the molecule is CNS(=O)(=O)c1cccc(NS(=O)(=O)c2ccccc2C(=O)O)c1. The number of nitrogens with one attached hydrogen (secondary N) is 2. The van der Waals surface area contributed by atoms with E-state index in [0.717, 1.165) is 12.1 Å². The van der Waals surface area contributed by atoms with Gasteiger partial charge in [0.25, 0.3) is 10.0 Å². The molecule has 0 atom stereocenters. The maximum atomic E-state index is 12.4. The lowest BCUT2D eigenvalue weighted by Gasteiger charge is -2.11. The summed E-state index contributed by atoms with van der Waals surface area (Å²) in [6.45, 7) is 0. The number of benzene rings is 2. The van der Waals surface area contributed by atoms with E-state index in [0.29, 0.717) is 0 Å². The van der Waals surface area contributed by atoms with Gasteiger partial charge in [0.15, 0.2) is 0 Å². The molecule has 0 saturated carbocycles. The van der Waals surface area contributed by atoms with Crippen LogP contribution in [0.1, 0.15) is 10.4 Å². The highest BCUT2D eigenvalue weighted by atomic mass is 32.2. The van der Waals surface area contributed by atoms with Gasteiger partial charge in [0, 0.05) is 0 Å². The van der Waals surface area contributed by atoms with Gasteiger partial charge in [-0.25, -0.2) is 26.4 Å². The molecule has 2 aromatic carbocycles. The second kappa shape index (κ2) is 6.59. The monoisotopic (exact) mass is 370 g/mol. The van der Waals surface area contributed by atoms with Gasteiger partial charge >= 0.3 is 5.97 Å². The molecule has 0 radical (unpaired) electrons. The fourth-order valence-corrected chi connectivity index (χ4v) is 3.96. The first-order valence-corrected chi connectivity index (χ1v) is 9.53. The van der Waals surface area contributed by atoms with E-state index in [9.17, 15) is 21.6 Å². The van der Waals surface area contributed by atoms with Crippen LogP contribution in [-0.4, -0.2) is 35.0 Å². The molecule has 8 nitrogen and oxygen atoms in total. The van der Waals surface area contributed by atoms with Gasteiger partial charge in [-0.3, -0.25) is 4.72 Å². The highest BCUT2D eigenvalue weighted by Crippen LogP contribution is 2.21. The van der Waals surface area contributed by atoms with Crippen LogP contribution in [0, 0.1) is 0 Å². The molecule has 2 rings (SSSR count). The molecule has 0 aliphatic rings. The number of rotatable bonds is 6. The second-order valence-electron chi connectivity index (χ2n) is 4.64. The van der Waals surface area contributed by atoms with E-state index >= 15 is 0 Å². The third kappa shape index (κ3) is 3.72. The van der Waals surface area contributed by atoms with Crippen LogP contribution in [0.4, 0.5) is 5.69 Å². The summed E-state index contributed by atoms with van der Waals surface area (Å²) in [5.41, 5.74) is -0.393. The van der Waals surface area contributed by atoms with Gasteiger partial charge in [-0.05, 0) is 37.4 Å². The molecule has 3 N–H and O–H groups in total. The summed E-state index contributed by atoms with van der Waals surface area (Å²) in [6, 6.07) is 10.3. The molecule has 0 saturated heterocycles. The number of carbonyl (C=O) groups is 1. The Labute approximate surface area is 139 Å². The van der Waals surface area contributed by atoms with Gasteiger partial charge in [0.2, 0.25) is 10.0 Å². The Kier molecular flexibility index (Phi) is 4.92. The lowest BCUT2D eigenvalue weighted by atomic mass is 10.2. The van der Waals surface area contributed by atoms with Crippen molar-refractivity contribution in [2.45, 2.75) is 9.79 Å². The average molecular weight is 370 g/mol. The minimum atomic E-state index is -4.20. The summed E-state index contributed by atoms with van der Waals surface area (Å²) in [5.74, 6) is -1.39. The minimum absolute atomic E-state index is 0.00785. The molecule has 2 aromatic rings. The van der Waals surface area contributed by atoms with Gasteiger partial charge in [-0.1, -0.05) is 18.2 Å². The van der Waals surface area contributed by atoms with Crippen molar-refractivity contribution in [1.29, 1.82) is 0 Å². The van der Waals surface area contributed by atoms with Gasteiger partial charge in [0.1, 0.15) is 4.90 Å².